The third-order valence-electron chi connectivity index (χ3n) is 6.01. The van der Waals surface area contributed by atoms with E-state index in [1.807, 2.05) is 66.7 Å². The van der Waals surface area contributed by atoms with E-state index >= 15 is 0 Å². The zero-order chi connectivity index (χ0) is 24.7. The molecule has 0 aliphatic carbocycles. The van der Waals surface area contributed by atoms with E-state index in [2.05, 4.69) is 22.2 Å². The Kier molecular flexibility index (Phi) is 7.07. The zero-order valence-corrected chi connectivity index (χ0v) is 20.2. The van der Waals surface area contributed by atoms with Crippen LogP contribution in [0.1, 0.15) is 43.0 Å². The highest BCUT2D eigenvalue weighted by atomic mass is 16.5. The van der Waals surface area contributed by atoms with Crippen LogP contribution in [0.4, 0.5) is 0 Å². The second-order valence-corrected chi connectivity index (χ2v) is 8.57. The molecule has 0 N–H and O–H groups in total. The van der Waals surface area contributed by atoms with Crippen LogP contribution in [0.5, 0.6) is 5.75 Å². The largest absolute Gasteiger partial charge is 0.494 e. The Morgan fingerprint density at radius 1 is 0.861 bits per heavy atom. The summed E-state index contributed by atoms with van der Waals surface area (Å²) in [5.41, 5.74) is 4.48. The Labute approximate surface area is 209 Å². The van der Waals surface area contributed by atoms with Crippen molar-refractivity contribution >= 4 is 16.9 Å². The number of unbranched alkanes of at least 4 members (excludes halogenated alkanes) is 3. The Morgan fingerprint density at radius 3 is 2.44 bits per heavy atom. The first-order valence-electron chi connectivity index (χ1n) is 12.2. The van der Waals surface area contributed by atoms with Gasteiger partial charge < -0.3 is 4.74 Å². The molecule has 2 heterocycles. The minimum absolute atomic E-state index is 0.230. The molecular formula is C29H27N5O2. The van der Waals surface area contributed by atoms with Crippen LogP contribution in [0.2, 0.25) is 0 Å². The van der Waals surface area contributed by atoms with Gasteiger partial charge in [0.05, 0.1) is 17.8 Å². The molecule has 0 spiro atoms. The summed E-state index contributed by atoms with van der Waals surface area (Å²) in [6.45, 7) is 2.94. The van der Waals surface area contributed by atoms with Crippen molar-refractivity contribution in [2.24, 2.45) is 0 Å². The number of hydrogen-bond donors (Lipinski definition) is 0. The number of rotatable bonds is 9. The number of ether oxygens (including phenoxy) is 1. The third kappa shape index (κ3) is 5.15. The fraction of sp³-hybridized carbons (Fsp3) is 0.207. The predicted octanol–water partition coefficient (Wildman–Crippen LogP) is 6.20. The van der Waals surface area contributed by atoms with Gasteiger partial charge >= 0.3 is 0 Å². The molecule has 5 rings (SSSR count). The Morgan fingerprint density at radius 2 is 1.64 bits per heavy atom. The minimum atomic E-state index is -0.230. The molecule has 0 amide bonds. The maximum atomic E-state index is 13.0. The maximum absolute atomic E-state index is 13.0. The van der Waals surface area contributed by atoms with Crippen molar-refractivity contribution in [2.45, 2.75) is 32.6 Å². The number of nitrogens with zero attached hydrogens (tertiary/aromatic N) is 5. The molecule has 0 aliphatic rings. The Balaban J connectivity index is 1.29. The lowest BCUT2D eigenvalue weighted by Crippen LogP contribution is -2.13. The highest BCUT2D eigenvalue weighted by Crippen LogP contribution is 2.24. The van der Waals surface area contributed by atoms with Crippen molar-refractivity contribution in [3.05, 3.63) is 90.6 Å². The number of fused-ring (bicyclic) bond motifs is 1. The smallest absolute Gasteiger partial charge is 0.280 e. The third-order valence-corrected chi connectivity index (χ3v) is 6.01. The highest BCUT2D eigenvalue weighted by molar-refractivity contribution is 6.00. The van der Waals surface area contributed by atoms with Gasteiger partial charge in [0.2, 0.25) is 0 Å². The van der Waals surface area contributed by atoms with E-state index in [-0.39, 0.29) is 5.91 Å². The van der Waals surface area contributed by atoms with Crippen LogP contribution >= 0.6 is 0 Å². The molecule has 0 bridgehead atoms. The van der Waals surface area contributed by atoms with Crippen molar-refractivity contribution in [3.63, 3.8) is 0 Å². The van der Waals surface area contributed by atoms with Crippen LogP contribution in [-0.4, -0.2) is 37.5 Å². The second kappa shape index (κ2) is 10.9. The number of carbonyl (C=O) groups excluding carboxylic acids is 1. The predicted molar refractivity (Wildman–Crippen MR) is 140 cm³/mol. The molecule has 0 radical (unpaired) electrons. The average Bonchev–Trinajstić information content (AvgIpc) is 3.37. The molecule has 0 atom stereocenters. The van der Waals surface area contributed by atoms with Crippen molar-refractivity contribution < 1.29 is 9.53 Å². The summed E-state index contributed by atoms with van der Waals surface area (Å²) < 4.78 is 7.16. The molecule has 36 heavy (non-hydrogen) atoms. The zero-order valence-electron chi connectivity index (χ0n) is 20.2. The van der Waals surface area contributed by atoms with Crippen LogP contribution in [0.3, 0.4) is 0 Å². The van der Waals surface area contributed by atoms with Gasteiger partial charge in [0, 0.05) is 22.9 Å². The van der Waals surface area contributed by atoms with E-state index in [1.54, 1.807) is 18.3 Å². The van der Waals surface area contributed by atoms with Crippen LogP contribution in [0.15, 0.2) is 85.1 Å². The standard InChI is InChI=1S/C29H27N5O2/c1-2-3-4-7-20-36-24-16-14-22(15-17-24)28-30-19-18-25(31-28)21-10-12-23(13-11-21)29(35)34-27-9-6-5-8-26(27)32-33-34/h5-6,8-19H,2-4,7,20H2,1H3. The SMILES string of the molecule is CCCCCCOc1ccc(-c2nccc(-c3ccc(C(=O)n4nnc5ccccc54)cc3)n2)cc1. The van der Waals surface area contributed by atoms with Crippen LogP contribution in [-0.2, 0) is 0 Å². The Hall–Kier alpha value is -4.39. The van der Waals surface area contributed by atoms with E-state index in [0.29, 0.717) is 22.4 Å². The van der Waals surface area contributed by atoms with Gasteiger partial charge in [-0.15, -0.1) is 5.10 Å². The summed E-state index contributed by atoms with van der Waals surface area (Å²) in [6.07, 6.45) is 6.48. The van der Waals surface area contributed by atoms with E-state index in [9.17, 15) is 4.79 Å². The number of benzene rings is 3. The van der Waals surface area contributed by atoms with Gasteiger partial charge in [0.1, 0.15) is 11.3 Å². The van der Waals surface area contributed by atoms with Crippen molar-refractivity contribution in [1.82, 2.24) is 25.0 Å². The van der Waals surface area contributed by atoms with Crippen molar-refractivity contribution in [2.75, 3.05) is 6.61 Å². The van der Waals surface area contributed by atoms with Gasteiger partial charge in [0.25, 0.3) is 5.91 Å². The molecule has 0 aliphatic heterocycles. The molecule has 0 unspecified atom stereocenters. The average molecular weight is 478 g/mol. The first kappa shape index (κ1) is 23.4. The first-order valence-corrected chi connectivity index (χ1v) is 12.2. The molecule has 7 heteroatoms. The molecule has 0 saturated heterocycles. The fourth-order valence-electron chi connectivity index (χ4n) is 4.00. The topological polar surface area (TPSA) is 82.8 Å². The molecule has 180 valence electrons. The highest BCUT2D eigenvalue weighted by Gasteiger charge is 2.14. The van der Waals surface area contributed by atoms with Gasteiger partial charge in [-0.1, -0.05) is 55.7 Å². The summed E-state index contributed by atoms with van der Waals surface area (Å²) in [6, 6.07) is 24.4. The molecule has 0 fully saturated rings. The molecule has 0 saturated carbocycles. The number of aromatic nitrogens is 5. The summed E-state index contributed by atoms with van der Waals surface area (Å²) in [7, 11) is 0. The van der Waals surface area contributed by atoms with E-state index in [0.717, 1.165) is 35.6 Å². The van der Waals surface area contributed by atoms with Crippen LogP contribution in [0, 0.1) is 0 Å². The van der Waals surface area contributed by atoms with Crippen molar-refractivity contribution in [1.29, 1.82) is 0 Å². The Bertz CT molecular complexity index is 1460. The number of para-hydroxylation sites is 1. The van der Waals surface area contributed by atoms with Crippen LogP contribution in [0.25, 0.3) is 33.7 Å². The summed E-state index contributed by atoms with van der Waals surface area (Å²) >= 11 is 0. The number of carbonyl (C=O) groups is 1. The van der Waals surface area contributed by atoms with Gasteiger partial charge in [-0.3, -0.25) is 4.79 Å². The van der Waals surface area contributed by atoms with Gasteiger partial charge in [0.15, 0.2) is 5.82 Å². The van der Waals surface area contributed by atoms with Gasteiger partial charge in [-0.05, 0) is 61.0 Å². The summed E-state index contributed by atoms with van der Waals surface area (Å²) in [5.74, 6) is 1.26. The van der Waals surface area contributed by atoms with E-state index in [1.165, 1.54) is 23.9 Å². The lowest BCUT2D eigenvalue weighted by molar-refractivity contribution is 0.0948. The number of hydrogen-bond acceptors (Lipinski definition) is 6. The van der Waals surface area contributed by atoms with Gasteiger partial charge in [-0.2, -0.15) is 4.68 Å². The van der Waals surface area contributed by atoms with E-state index < -0.39 is 0 Å². The molecule has 2 aromatic heterocycles. The summed E-state index contributed by atoms with van der Waals surface area (Å²) in [5, 5.41) is 8.09. The minimum Gasteiger partial charge on any atom is -0.494 e. The van der Waals surface area contributed by atoms with Gasteiger partial charge in [-0.25, -0.2) is 9.97 Å². The monoisotopic (exact) mass is 477 g/mol. The lowest BCUT2D eigenvalue weighted by Gasteiger charge is -2.08. The maximum Gasteiger partial charge on any atom is 0.280 e. The molecular weight excluding hydrogens is 450 g/mol. The normalized spacial score (nSPS) is 11.0. The fourth-order valence-corrected chi connectivity index (χ4v) is 4.00. The molecule has 5 aromatic rings. The summed E-state index contributed by atoms with van der Waals surface area (Å²) in [4.78, 5) is 22.2. The second-order valence-electron chi connectivity index (χ2n) is 8.57. The first-order chi connectivity index (χ1) is 17.7. The lowest BCUT2D eigenvalue weighted by atomic mass is 10.1. The van der Waals surface area contributed by atoms with Crippen LogP contribution < -0.4 is 4.74 Å². The quantitative estimate of drug-likeness (QED) is 0.235. The molecule has 3 aromatic carbocycles. The molecule has 7 nitrogen and oxygen atoms in total. The van der Waals surface area contributed by atoms with E-state index in [4.69, 9.17) is 9.72 Å². The van der Waals surface area contributed by atoms with Crippen molar-refractivity contribution in [3.8, 4) is 28.4 Å².